The standard InChI is InChI=1S/C15H23NO2/c1-16(2)15(9-7-13(17)8-10-15)12-5-4-6-14(11-12)18-3/h4-6,11,13,17H,7-10H2,1-3H3. The number of benzene rings is 1. The van der Waals surface area contributed by atoms with Crippen molar-refractivity contribution >= 4 is 0 Å². The number of ether oxygens (including phenoxy) is 1. The average Bonchev–Trinajstić information content (AvgIpc) is 2.39. The van der Waals surface area contributed by atoms with Gasteiger partial charge >= 0.3 is 0 Å². The van der Waals surface area contributed by atoms with Crippen molar-refractivity contribution in [2.24, 2.45) is 0 Å². The van der Waals surface area contributed by atoms with E-state index in [4.69, 9.17) is 4.74 Å². The summed E-state index contributed by atoms with van der Waals surface area (Å²) in [5.74, 6) is 0.903. The summed E-state index contributed by atoms with van der Waals surface area (Å²) in [7, 11) is 5.94. The third-order valence-corrected chi connectivity index (χ3v) is 4.25. The van der Waals surface area contributed by atoms with E-state index in [2.05, 4.69) is 31.1 Å². The molecule has 0 radical (unpaired) electrons. The second-order valence-corrected chi connectivity index (χ2v) is 5.39. The molecule has 18 heavy (non-hydrogen) atoms. The van der Waals surface area contributed by atoms with Gasteiger partial charge < -0.3 is 9.84 Å². The van der Waals surface area contributed by atoms with Gasteiger partial charge in [0.2, 0.25) is 0 Å². The second kappa shape index (κ2) is 5.29. The molecule has 0 aliphatic heterocycles. The molecule has 0 atom stereocenters. The Kier molecular flexibility index (Phi) is 3.93. The Hall–Kier alpha value is -1.06. The first-order chi connectivity index (χ1) is 8.58. The highest BCUT2D eigenvalue weighted by Crippen LogP contribution is 2.41. The monoisotopic (exact) mass is 249 g/mol. The van der Waals surface area contributed by atoms with Gasteiger partial charge in [0.25, 0.3) is 0 Å². The van der Waals surface area contributed by atoms with Crippen LogP contribution < -0.4 is 4.74 Å². The van der Waals surface area contributed by atoms with Crippen LogP contribution in [0.3, 0.4) is 0 Å². The van der Waals surface area contributed by atoms with Gasteiger partial charge in [-0.2, -0.15) is 0 Å². The number of hydrogen-bond acceptors (Lipinski definition) is 3. The van der Waals surface area contributed by atoms with E-state index in [0.29, 0.717) is 0 Å². The smallest absolute Gasteiger partial charge is 0.119 e. The lowest BCUT2D eigenvalue weighted by molar-refractivity contribution is 0.0308. The topological polar surface area (TPSA) is 32.7 Å². The Morgan fingerprint density at radius 1 is 1.28 bits per heavy atom. The molecule has 0 amide bonds. The molecule has 3 nitrogen and oxygen atoms in total. The minimum atomic E-state index is -0.135. The van der Waals surface area contributed by atoms with Crippen LogP contribution in [0.5, 0.6) is 5.75 Å². The van der Waals surface area contributed by atoms with E-state index < -0.39 is 0 Å². The maximum Gasteiger partial charge on any atom is 0.119 e. The maximum absolute atomic E-state index is 9.73. The minimum Gasteiger partial charge on any atom is -0.497 e. The molecule has 100 valence electrons. The Morgan fingerprint density at radius 2 is 1.94 bits per heavy atom. The summed E-state index contributed by atoms with van der Waals surface area (Å²) < 4.78 is 5.32. The molecule has 1 aromatic carbocycles. The molecule has 1 aromatic rings. The van der Waals surface area contributed by atoms with E-state index >= 15 is 0 Å². The van der Waals surface area contributed by atoms with Crippen LogP contribution in [-0.4, -0.2) is 37.3 Å². The number of rotatable bonds is 3. The Balaban J connectivity index is 2.34. The molecule has 1 aliphatic carbocycles. The first-order valence-electron chi connectivity index (χ1n) is 6.58. The van der Waals surface area contributed by atoms with Crippen LogP contribution in [0.25, 0.3) is 0 Å². The number of hydrogen-bond donors (Lipinski definition) is 1. The molecule has 2 rings (SSSR count). The SMILES string of the molecule is COc1cccc(C2(N(C)C)CCC(O)CC2)c1. The predicted molar refractivity (Wildman–Crippen MR) is 72.8 cm³/mol. The van der Waals surface area contributed by atoms with Crippen LogP contribution in [-0.2, 0) is 5.54 Å². The Morgan fingerprint density at radius 3 is 2.50 bits per heavy atom. The lowest BCUT2D eigenvalue weighted by Gasteiger charge is -2.44. The van der Waals surface area contributed by atoms with Crippen LogP contribution >= 0.6 is 0 Å². The van der Waals surface area contributed by atoms with Crippen LogP contribution in [0.4, 0.5) is 0 Å². The zero-order valence-electron chi connectivity index (χ0n) is 11.5. The molecular weight excluding hydrogens is 226 g/mol. The molecule has 0 spiro atoms. The van der Waals surface area contributed by atoms with Gasteiger partial charge in [0.1, 0.15) is 5.75 Å². The normalized spacial score (nSPS) is 28.4. The number of methoxy groups -OCH3 is 1. The van der Waals surface area contributed by atoms with Crippen molar-refractivity contribution in [2.75, 3.05) is 21.2 Å². The van der Waals surface area contributed by atoms with Gasteiger partial charge in [0, 0.05) is 5.54 Å². The van der Waals surface area contributed by atoms with Gasteiger partial charge in [0.15, 0.2) is 0 Å². The summed E-state index contributed by atoms with van der Waals surface area (Å²) in [6, 6.07) is 8.31. The molecule has 0 bridgehead atoms. The molecular formula is C15H23NO2. The van der Waals surface area contributed by atoms with Gasteiger partial charge in [-0.25, -0.2) is 0 Å². The number of nitrogens with zero attached hydrogens (tertiary/aromatic N) is 1. The molecule has 3 heteroatoms. The van der Waals surface area contributed by atoms with E-state index in [1.165, 1.54) is 5.56 Å². The van der Waals surface area contributed by atoms with Gasteiger partial charge in [-0.05, 0) is 57.5 Å². The van der Waals surface area contributed by atoms with Crippen LogP contribution in [0, 0.1) is 0 Å². The molecule has 1 aliphatic rings. The van der Waals surface area contributed by atoms with E-state index in [0.717, 1.165) is 31.4 Å². The summed E-state index contributed by atoms with van der Waals surface area (Å²) in [4.78, 5) is 2.29. The lowest BCUT2D eigenvalue weighted by atomic mass is 9.74. The Labute approximate surface area is 109 Å². The molecule has 1 N–H and O–H groups in total. The van der Waals surface area contributed by atoms with Gasteiger partial charge in [0.05, 0.1) is 13.2 Å². The average molecular weight is 249 g/mol. The second-order valence-electron chi connectivity index (χ2n) is 5.39. The largest absolute Gasteiger partial charge is 0.497 e. The van der Waals surface area contributed by atoms with E-state index in [1.807, 2.05) is 12.1 Å². The predicted octanol–water partition coefficient (Wildman–Crippen LogP) is 2.39. The molecule has 1 fully saturated rings. The summed E-state index contributed by atoms with van der Waals surface area (Å²) in [5.41, 5.74) is 1.33. The third kappa shape index (κ3) is 2.38. The van der Waals surface area contributed by atoms with Crippen molar-refractivity contribution in [1.29, 1.82) is 0 Å². The third-order valence-electron chi connectivity index (χ3n) is 4.25. The van der Waals surface area contributed by atoms with Crippen LogP contribution in [0.2, 0.25) is 0 Å². The van der Waals surface area contributed by atoms with Crippen LogP contribution in [0.1, 0.15) is 31.2 Å². The zero-order valence-corrected chi connectivity index (χ0v) is 11.5. The van der Waals surface area contributed by atoms with Crippen LogP contribution in [0.15, 0.2) is 24.3 Å². The van der Waals surface area contributed by atoms with Gasteiger partial charge in [-0.15, -0.1) is 0 Å². The highest BCUT2D eigenvalue weighted by Gasteiger charge is 2.38. The fourth-order valence-electron chi connectivity index (χ4n) is 2.99. The molecule has 0 unspecified atom stereocenters. The molecule has 0 saturated heterocycles. The maximum atomic E-state index is 9.73. The summed E-state index contributed by atoms with van der Waals surface area (Å²) in [5, 5.41) is 9.73. The van der Waals surface area contributed by atoms with E-state index in [1.54, 1.807) is 7.11 Å². The molecule has 0 aromatic heterocycles. The lowest BCUT2D eigenvalue weighted by Crippen LogP contribution is -2.45. The fraction of sp³-hybridized carbons (Fsp3) is 0.600. The van der Waals surface area contributed by atoms with Crippen molar-refractivity contribution < 1.29 is 9.84 Å². The highest BCUT2D eigenvalue weighted by atomic mass is 16.5. The first kappa shape index (κ1) is 13.4. The first-order valence-corrected chi connectivity index (χ1v) is 6.58. The number of aliphatic hydroxyl groups is 1. The van der Waals surface area contributed by atoms with Crippen molar-refractivity contribution in [2.45, 2.75) is 37.3 Å². The quantitative estimate of drug-likeness (QED) is 0.893. The molecule has 1 saturated carbocycles. The summed E-state index contributed by atoms with van der Waals surface area (Å²) in [6.07, 6.45) is 3.59. The summed E-state index contributed by atoms with van der Waals surface area (Å²) >= 11 is 0. The van der Waals surface area contributed by atoms with Gasteiger partial charge in [-0.1, -0.05) is 12.1 Å². The molecule has 0 heterocycles. The van der Waals surface area contributed by atoms with E-state index in [9.17, 15) is 5.11 Å². The van der Waals surface area contributed by atoms with Crippen molar-refractivity contribution in [1.82, 2.24) is 4.90 Å². The van der Waals surface area contributed by atoms with Crippen molar-refractivity contribution in [3.63, 3.8) is 0 Å². The zero-order chi connectivity index (χ0) is 13.2. The summed E-state index contributed by atoms with van der Waals surface area (Å²) in [6.45, 7) is 0. The van der Waals surface area contributed by atoms with Crippen molar-refractivity contribution in [3.05, 3.63) is 29.8 Å². The van der Waals surface area contributed by atoms with Gasteiger partial charge in [-0.3, -0.25) is 4.90 Å². The van der Waals surface area contributed by atoms with E-state index in [-0.39, 0.29) is 11.6 Å². The highest BCUT2D eigenvalue weighted by molar-refractivity contribution is 5.34. The Bertz CT molecular complexity index is 395. The van der Waals surface area contributed by atoms with Crippen molar-refractivity contribution in [3.8, 4) is 5.75 Å². The minimum absolute atomic E-state index is 0.0355. The number of aliphatic hydroxyl groups excluding tert-OH is 1. The fourth-order valence-corrected chi connectivity index (χ4v) is 2.99.